The molecule has 0 unspecified atom stereocenters. The van der Waals surface area contributed by atoms with Gasteiger partial charge in [0.15, 0.2) is 0 Å². The van der Waals surface area contributed by atoms with E-state index in [9.17, 15) is 0 Å². The van der Waals surface area contributed by atoms with Crippen molar-refractivity contribution in [3.05, 3.63) is 28.8 Å². The molecule has 2 N–H and O–H groups in total. The van der Waals surface area contributed by atoms with Gasteiger partial charge in [-0.05, 0) is 29.7 Å². The predicted octanol–water partition coefficient (Wildman–Crippen LogP) is 2.70. The lowest BCUT2D eigenvalue weighted by molar-refractivity contribution is 0.117. The molecule has 0 aromatic heterocycles. The first-order valence-electron chi connectivity index (χ1n) is 7.03. The minimum atomic E-state index is 0.745. The number of halogens is 1. The van der Waals surface area contributed by atoms with Crippen LogP contribution in [0.3, 0.4) is 0 Å². The zero-order chi connectivity index (χ0) is 13.8. The van der Waals surface area contributed by atoms with Gasteiger partial charge in [-0.15, -0.1) is 0 Å². The van der Waals surface area contributed by atoms with E-state index in [0.717, 1.165) is 54.9 Å². The monoisotopic (exact) mass is 281 g/mol. The largest absolute Gasteiger partial charge is 0.399 e. The van der Waals surface area contributed by atoms with Crippen LogP contribution >= 0.6 is 11.6 Å². The zero-order valence-electron chi connectivity index (χ0n) is 11.9. The molecule has 4 heteroatoms. The Labute approximate surface area is 121 Å². The number of hydrogen-bond acceptors (Lipinski definition) is 3. The fraction of sp³-hybridized carbons (Fsp3) is 0.600. The summed E-state index contributed by atoms with van der Waals surface area (Å²) < 4.78 is 0. The second-order valence-corrected chi connectivity index (χ2v) is 6.23. The average molecular weight is 282 g/mol. The molecule has 0 atom stereocenters. The van der Waals surface area contributed by atoms with Crippen LogP contribution in [-0.2, 0) is 6.54 Å². The number of piperazine rings is 1. The Hall–Kier alpha value is -0.770. The summed E-state index contributed by atoms with van der Waals surface area (Å²) in [6.07, 6.45) is 0. The minimum absolute atomic E-state index is 0.745. The summed E-state index contributed by atoms with van der Waals surface area (Å²) in [5.74, 6) is 0.745. The lowest BCUT2D eigenvalue weighted by atomic mass is 10.1. The molecular formula is C15H24ClN3. The number of nitrogen functional groups attached to an aromatic ring is 1. The molecule has 19 heavy (non-hydrogen) atoms. The van der Waals surface area contributed by atoms with Crippen LogP contribution in [0, 0.1) is 5.92 Å². The lowest BCUT2D eigenvalue weighted by Crippen LogP contribution is -2.46. The molecule has 0 radical (unpaired) electrons. The van der Waals surface area contributed by atoms with Gasteiger partial charge in [-0.1, -0.05) is 25.4 Å². The van der Waals surface area contributed by atoms with E-state index in [4.69, 9.17) is 17.3 Å². The van der Waals surface area contributed by atoms with Gasteiger partial charge in [0.25, 0.3) is 0 Å². The topological polar surface area (TPSA) is 32.5 Å². The Morgan fingerprint density at radius 2 is 1.79 bits per heavy atom. The highest BCUT2D eigenvalue weighted by Crippen LogP contribution is 2.21. The third-order valence-electron chi connectivity index (χ3n) is 3.55. The van der Waals surface area contributed by atoms with E-state index in [-0.39, 0.29) is 0 Å². The highest BCUT2D eigenvalue weighted by atomic mass is 35.5. The molecule has 1 saturated heterocycles. The van der Waals surface area contributed by atoms with E-state index in [1.807, 2.05) is 18.2 Å². The van der Waals surface area contributed by atoms with Gasteiger partial charge in [0, 0.05) is 50.0 Å². The van der Waals surface area contributed by atoms with E-state index in [2.05, 4.69) is 23.6 Å². The fourth-order valence-corrected chi connectivity index (χ4v) is 2.78. The second-order valence-electron chi connectivity index (χ2n) is 5.82. The van der Waals surface area contributed by atoms with Gasteiger partial charge in [0.1, 0.15) is 0 Å². The van der Waals surface area contributed by atoms with E-state index >= 15 is 0 Å². The molecule has 0 amide bonds. The maximum atomic E-state index is 6.22. The summed E-state index contributed by atoms with van der Waals surface area (Å²) in [4.78, 5) is 5.00. The molecule has 0 aliphatic carbocycles. The first kappa shape index (κ1) is 14.6. The van der Waals surface area contributed by atoms with Crippen LogP contribution in [0.15, 0.2) is 18.2 Å². The number of anilines is 1. The van der Waals surface area contributed by atoms with Gasteiger partial charge < -0.3 is 10.6 Å². The number of rotatable bonds is 4. The summed E-state index contributed by atoms with van der Waals surface area (Å²) in [6.45, 7) is 11.2. The van der Waals surface area contributed by atoms with E-state index < -0.39 is 0 Å². The predicted molar refractivity (Wildman–Crippen MR) is 82.4 cm³/mol. The molecule has 2 rings (SSSR count). The Bertz CT molecular complexity index is 412. The summed E-state index contributed by atoms with van der Waals surface area (Å²) >= 11 is 6.22. The highest BCUT2D eigenvalue weighted by Gasteiger charge is 2.18. The summed E-state index contributed by atoms with van der Waals surface area (Å²) in [7, 11) is 0. The van der Waals surface area contributed by atoms with Crippen LogP contribution in [-0.4, -0.2) is 42.5 Å². The number of nitrogens with two attached hydrogens (primary N) is 1. The summed E-state index contributed by atoms with van der Waals surface area (Å²) in [5, 5.41) is 0.818. The van der Waals surface area contributed by atoms with Crippen molar-refractivity contribution in [2.45, 2.75) is 20.4 Å². The molecule has 1 aromatic carbocycles. The van der Waals surface area contributed by atoms with Crippen molar-refractivity contribution in [2.24, 2.45) is 5.92 Å². The van der Waals surface area contributed by atoms with Crippen molar-refractivity contribution in [2.75, 3.05) is 38.5 Å². The summed E-state index contributed by atoms with van der Waals surface area (Å²) in [5.41, 5.74) is 7.75. The molecule has 1 heterocycles. The highest BCUT2D eigenvalue weighted by molar-refractivity contribution is 6.31. The molecule has 0 saturated carbocycles. The minimum Gasteiger partial charge on any atom is -0.399 e. The van der Waals surface area contributed by atoms with E-state index in [0.29, 0.717) is 0 Å². The molecule has 1 aliphatic heterocycles. The first-order valence-corrected chi connectivity index (χ1v) is 7.41. The van der Waals surface area contributed by atoms with Gasteiger partial charge >= 0.3 is 0 Å². The van der Waals surface area contributed by atoms with Crippen molar-refractivity contribution in [1.29, 1.82) is 0 Å². The van der Waals surface area contributed by atoms with Crippen molar-refractivity contribution >= 4 is 17.3 Å². The molecule has 1 aliphatic rings. The Balaban J connectivity index is 1.87. The van der Waals surface area contributed by atoms with Gasteiger partial charge in [-0.3, -0.25) is 4.90 Å². The van der Waals surface area contributed by atoms with Crippen molar-refractivity contribution in [3.63, 3.8) is 0 Å². The quantitative estimate of drug-likeness (QED) is 0.862. The third-order valence-corrected chi connectivity index (χ3v) is 3.92. The number of nitrogens with zero attached hydrogens (tertiary/aromatic N) is 2. The Kier molecular flexibility index (Phi) is 5.08. The van der Waals surface area contributed by atoms with Crippen molar-refractivity contribution in [3.8, 4) is 0 Å². The SMILES string of the molecule is CC(C)CN1CCN(Cc2cc(N)ccc2Cl)CC1. The van der Waals surface area contributed by atoms with E-state index in [1.165, 1.54) is 6.54 Å². The van der Waals surface area contributed by atoms with Crippen molar-refractivity contribution < 1.29 is 0 Å². The summed E-state index contributed by atoms with van der Waals surface area (Å²) in [6, 6.07) is 5.73. The standard InChI is InChI=1S/C15H24ClN3/c1-12(2)10-18-5-7-19(8-6-18)11-13-9-14(17)3-4-15(13)16/h3-4,9,12H,5-8,10-11,17H2,1-2H3. The van der Waals surface area contributed by atoms with Gasteiger partial charge in [0.2, 0.25) is 0 Å². The molecular weight excluding hydrogens is 258 g/mol. The molecule has 1 aromatic rings. The molecule has 1 fully saturated rings. The van der Waals surface area contributed by atoms with Crippen LogP contribution in [0.4, 0.5) is 5.69 Å². The number of hydrogen-bond donors (Lipinski definition) is 1. The maximum absolute atomic E-state index is 6.22. The van der Waals surface area contributed by atoms with E-state index in [1.54, 1.807) is 0 Å². The average Bonchev–Trinajstić information content (AvgIpc) is 2.35. The van der Waals surface area contributed by atoms with Crippen molar-refractivity contribution in [1.82, 2.24) is 9.80 Å². The van der Waals surface area contributed by atoms with Gasteiger partial charge in [-0.2, -0.15) is 0 Å². The van der Waals surface area contributed by atoms with Crippen LogP contribution < -0.4 is 5.73 Å². The second kappa shape index (κ2) is 6.60. The maximum Gasteiger partial charge on any atom is 0.0452 e. The van der Waals surface area contributed by atoms with Crippen LogP contribution in [0.2, 0.25) is 5.02 Å². The lowest BCUT2D eigenvalue weighted by Gasteiger charge is -2.35. The molecule has 0 bridgehead atoms. The number of benzene rings is 1. The molecule has 3 nitrogen and oxygen atoms in total. The van der Waals surface area contributed by atoms with Crippen LogP contribution in [0.5, 0.6) is 0 Å². The van der Waals surface area contributed by atoms with Crippen LogP contribution in [0.25, 0.3) is 0 Å². The normalized spacial score (nSPS) is 18.1. The Morgan fingerprint density at radius 1 is 1.16 bits per heavy atom. The van der Waals surface area contributed by atoms with Gasteiger partial charge in [-0.25, -0.2) is 0 Å². The first-order chi connectivity index (χ1) is 9.04. The third kappa shape index (κ3) is 4.37. The van der Waals surface area contributed by atoms with Crippen LogP contribution in [0.1, 0.15) is 19.4 Å². The Morgan fingerprint density at radius 3 is 2.42 bits per heavy atom. The molecule has 106 valence electrons. The fourth-order valence-electron chi connectivity index (χ4n) is 2.60. The molecule has 0 spiro atoms. The zero-order valence-corrected chi connectivity index (χ0v) is 12.7. The van der Waals surface area contributed by atoms with Gasteiger partial charge in [0.05, 0.1) is 0 Å². The smallest absolute Gasteiger partial charge is 0.0452 e.